The average Bonchev–Trinajstić information content (AvgIpc) is 2.42. The van der Waals surface area contributed by atoms with E-state index in [1.54, 1.807) is 19.2 Å². The van der Waals surface area contributed by atoms with Gasteiger partial charge in [-0.2, -0.15) is 0 Å². The van der Waals surface area contributed by atoms with Gasteiger partial charge in [0.15, 0.2) is 0 Å². The van der Waals surface area contributed by atoms with Gasteiger partial charge in [-0.05, 0) is 43.5 Å². The van der Waals surface area contributed by atoms with E-state index < -0.39 is 5.97 Å². The smallest absolute Gasteiger partial charge is 0.336 e. The van der Waals surface area contributed by atoms with Gasteiger partial charge >= 0.3 is 5.97 Å². The van der Waals surface area contributed by atoms with Gasteiger partial charge in [-0.3, -0.25) is 4.90 Å². The van der Waals surface area contributed by atoms with Gasteiger partial charge < -0.3 is 9.84 Å². The topological polar surface area (TPSA) is 49.8 Å². The first kappa shape index (κ1) is 14.0. The maximum Gasteiger partial charge on any atom is 0.336 e. The highest BCUT2D eigenvalue weighted by atomic mass is 16.5. The van der Waals surface area contributed by atoms with E-state index in [1.807, 2.05) is 12.1 Å². The molecule has 4 heteroatoms. The van der Waals surface area contributed by atoms with E-state index in [0.29, 0.717) is 11.5 Å². The molecular weight excluding hydrogens is 242 g/mol. The van der Waals surface area contributed by atoms with Crippen LogP contribution >= 0.6 is 0 Å². The predicted octanol–water partition coefficient (Wildman–Crippen LogP) is 2.24. The van der Waals surface area contributed by atoms with Gasteiger partial charge in [0, 0.05) is 20.3 Å². The molecule has 2 rings (SSSR count). The highest BCUT2D eigenvalue weighted by Gasteiger charge is 2.20. The maximum absolute atomic E-state index is 11.2. The van der Waals surface area contributed by atoms with Crippen LogP contribution in [0.15, 0.2) is 24.3 Å². The van der Waals surface area contributed by atoms with E-state index in [0.717, 1.165) is 44.6 Å². The van der Waals surface area contributed by atoms with Crippen molar-refractivity contribution < 1.29 is 14.6 Å². The Hall–Kier alpha value is -1.39. The number of benzene rings is 1. The zero-order valence-corrected chi connectivity index (χ0v) is 11.3. The molecule has 0 bridgehead atoms. The van der Waals surface area contributed by atoms with Crippen LogP contribution in [0.1, 0.15) is 28.8 Å². The SMILES string of the molecule is COCC1CCN(Cc2ccccc2C(=O)O)CC1. The monoisotopic (exact) mass is 263 g/mol. The molecule has 0 aromatic heterocycles. The molecule has 1 aliphatic heterocycles. The number of carboxylic acids is 1. The highest BCUT2D eigenvalue weighted by molar-refractivity contribution is 5.89. The number of likely N-dealkylation sites (tertiary alicyclic amines) is 1. The number of rotatable bonds is 5. The Kier molecular flexibility index (Phi) is 4.93. The molecule has 0 saturated carbocycles. The van der Waals surface area contributed by atoms with E-state index in [2.05, 4.69) is 4.90 Å². The van der Waals surface area contributed by atoms with E-state index in [-0.39, 0.29) is 0 Å². The molecule has 1 N–H and O–H groups in total. The first-order valence-electron chi connectivity index (χ1n) is 6.73. The Balaban J connectivity index is 1.94. The number of hydrogen-bond acceptors (Lipinski definition) is 3. The molecule has 1 heterocycles. The maximum atomic E-state index is 11.2. The summed E-state index contributed by atoms with van der Waals surface area (Å²) in [7, 11) is 1.75. The second-order valence-electron chi connectivity index (χ2n) is 5.14. The van der Waals surface area contributed by atoms with Crippen molar-refractivity contribution in [3.8, 4) is 0 Å². The second kappa shape index (κ2) is 6.68. The molecule has 0 amide bonds. The van der Waals surface area contributed by atoms with E-state index in [9.17, 15) is 9.90 Å². The van der Waals surface area contributed by atoms with Crippen LogP contribution < -0.4 is 0 Å². The van der Waals surface area contributed by atoms with Crippen LogP contribution in [-0.2, 0) is 11.3 Å². The quantitative estimate of drug-likeness (QED) is 0.885. The summed E-state index contributed by atoms with van der Waals surface area (Å²) in [5.74, 6) is -0.194. The largest absolute Gasteiger partial charge is 0.478 e. The minimum atomic E-state index is -0.843. The third kappa shape index (κ3) is 3.78. The molecule has 0 atom stereocenters. The molecule has 104 valence electrons. The van der Waals surface area contributed by atoms with Crippen LogP contribution in [0, 0.1) is 5.92 Å². The molecule has 4 nitrogen and oxygen atoms in total. The summed E-state index contributed by atoms with van der Waals surface area (Å²) in [4.78, 5) is 13.5. The summed E-state index contributed by atoms with van der Waals surface area (Å²) < 4.78 is 5.19. The zero-order chi connectivity index (χ0) is 13.7. The van der Waals surface area contributed by atoms with Gasteiger partial charge in [0.1, 0.15) is 0 Å². The number of nitrogens with zero attached hydrogens (tertiary/aromatic N) is 1. The summed E-state index contributed by atoms with van der Waals surface area (Å²) in [5.41, 5.74) is 1.32. The summed E-state index contributed by atoms with van der Waals surface area (Å²) >= 11 is 0. The molecule has 0 radical (unpaired) electrons. The van der Waals surface area contributed by atoms with E-state index in [1.165, 1.54) is 0 Å². The van der Waals surface area contributed by atoms with Crippen molar-refractivity contribution in [2.75, 3.05) is 26.8 Å². The van der Waals surface area contributed by atoms with Crippen molar-refractivity contribution in [1.82, 2.24) is 4.90 Å². The number of piperidine rings is 1. The fourth-order valence-electron chi connectivity index (χ4n) is 2.65. The first-order chi connectivity index (χ1) is 9.20. The fourth-order valence-corrected chi connectivity index (χ4v) is 2.65. The summed E-state index contributed by atoms with van der Waals surface area (Å²) in [5, 5.41) is 9.17. The van der Waals surface area contributed by atoms with Gasteiger partial charge in [0.05, 0.1) is 5.56 Å². The van der Waals surface area contributed by atoms with Crippen LogP contribution in [0.3, 0.4) is 0 Å². The van der Waals surface area contributed by atoms with Crippen LogP contribution in [0.25, 0.3) is 0 Å². The van der Waals surface area contributed by atoms with Gasteiger partial charge in [0.25, 0.3) is 0 Å². The Bertz CT molecular complexity index is 425. The summed E-state index contributed by atoms with van der Waals surface area (Å²) in [6.45, 7) is 3.59. The third-order valence-corrected chi connectivity index (χ3v) is 3.75. The van der Waals surface area contributed by atoms with Crippen molar-refractivity contribution in [3.05, 3.63) is 35.4 Å². The standard InChI is InChI=1S/C15H21NO3/c1-19-11-12-6-8-16(9-7-12)10-13-4-2-3-5-14(13)15(17)18/h2-5,12H,6-11H2,1H3,(H,17,18). The Morgan fingerprint density at radius 3 is 2.68 bits per heavy atom. The lowest BCUT2D eigenvalue weighted by Crippen LogP contribution is -2.34. The summed E-state index contributed by atoms with van der Waals surface area (Å²) in [6.07, 6.45) is 2.26. The van der Waals surface area contributed by atoms with Gasteiger partial charge in [-0.1, -0.05) is 18.2 Å². The lowest BCUT2D eigenvalue weighted by molar-refractivity contribution is 0.0692. The molecule has 0 unspecified atom stereocenters. The molecule has 1 aromatic rings. The lowest BCUT2D eigenvalue weighted by atomic mass is 9.97. The number of carbonyl (C=O) groups is 1. The fraction of sp³-hybridized carbons (Fsp3) is 0.533. The minimum absolute atomic E-state index is 0.418. The molecule has 1 aromatic carbocycles. The minimum Gasteiger partial charge on any atom is -0.478 e. The second-order valence-corrected chi connectivity index (χ2v) is 5.14. The first-order valence-corrected chi connectivity index (χ1v) is 6.73. The van der Waals surface area contributed by atoms with Crippen molar-refractivity contribution in [1.29, 1.82) is 0 Å². The number of ether oxygens (including phenoxy) is 1. The van der Waals surface area contributed by atoms with E-state index >= 15 is 0 Å². The van der Waals surface area contributed by atoms with E-state index in [4.69, 9.17) is 4.74 Å². The number of carboxylic acid groups (broad SMARTS) is 1. The third-order valence-electron chi connectivity index (χ3n) is 3.75. The van der Waals surface area contributed by atoms with Crippen LogP contribution in [0.5, 0.6) is 0 Å². The molecule has 0 spiro atoms. The van der Waals surface area contributed by atoms with Crippen LogP contribution in [-0.4, -0.2) is 42.8 Å². The zero-order valence-electron chi connectivity index (χ0n) is 11.3. The molecule has 1 fully saturated rings. The number of hydrogen-bond donors (Lipinski definition) is 1. The van der Waals surface area contributed by atoms with Crippen molar-refractivity contribution >= 4 is 5.97 Å². The Morgan fingerprint density at radius 2 is 2.05 bits per heavy atom. The van der Waals surface area contributed by atoms with Gasteiger partial charge in [-0.25, -0.2) is 4.79 Å². The molecule has 1 aliphatic rings. The molecule has 19 heavy (non-hydrogen) atoms. The van der Waals surface area contributed by atoms with Gasteiger partial charge in [-0.15, -0.1) is 0 Å². The molecule has 1 saturated heterocycles. The summed E-state index contributed by atoms with van der Waals surface area (Å²) in [6, 6.07) is 7.26. The van der Waals surface area contributed by atoms with Gasteiger partial charge in [0.2, 0.25) is 0 Å². The Labute approximate surface area is 114 Å². The number of aromatic carboxylic acids is 1. The normalized spacial score (nSPS) is 17.5. The number of methoxy groups -OCH3 is 1. The van der Waals surface area contributed by atoms with Crippen LogP contribution in [0.4, 0.5) is 0 Å². The van der Waals surface area contributed by atoms with Crippen molar-refractivity contribution in [2.24, 2.45) is 5.92 Å². The van der Waals surface area contributed by atoms with Crippen molar-refractivity contribution in [3.63, 3.8) is 0 Å². The van der Waals surface area contributed by atoms with Crippen LogP contribution in [0.2, 0.25) is 0 Å². The van der Waals surface area contributed by atoms with Crippen molar-refractivity contribution in [2.45, 2.75) is 19.4 Å². The molecular formula is C15H21NO3. The average molecular weight is 263 g/mol. The predicted molar refractivity (Wildman–Crippen MR) is 73.3 cm³/mol. The lowest BCUT2D eigenvalue weighted by Gasteiger charge is -2.31. The molecule has 0 aliphatic carbocycles. The highest BCUT2D eigenvalue weighted by Crippen LogP contribution is 2.20. The Morgan fingerprint density at radius 1 is 1.37 bits per heavy atom.